The summed E-state index contributed by atoms with van der Waals surface area (Å²) in [5.41, 5.74) is 3.20. The zero-order valence-electron chi connectivity index (χ0n) is 25.7. The van der Waals surface area contributed by atoms with Crippen LogP contribution in [0.25, 0.3) is 22.0 Å². The number of hydrogen-bond acceptors (Lipinski definition) is 9. The van der Waals surface area contributed by atoms with Crippen molar-refractivity contribution in [2.45, 2.75) is 42.4 Å². The van der Waals surface area contributed by atoms with Crippen molar-refractivity contribution in [1.29, 1.82) is 0 Å². The van der Waals surface area contributed by atoms with Crippen LogP contribution in [0.4, 0.5) is 24.5 Å². The summed E-state index contributed by atoms with van der Waals surface area (Å²) in [6.07, 6.45) is 2.22. The summed E-state index contributed by atoms with van der Waals surface area (Å²) in [6.45, 7) is 0.980. The minimum atomic E-state index is -4.97. The minimum Gasteiger partial charge on any atom is -0.476 e. The molecular formula is C31H32ClF3N6O5S. The Morgan fingerprint density at radius 2 is 1.79 bits per heavy atom. The second kappa shape index (κ2) is 12.8. The number of carbonyl (C=O) groups is 1. The molecule has 1 aliphatic carbocycles. The molecule has 4 aromatic rings. The van der Waals surface area contributed by atoms with Crippen molar-refractivity contribution in [2.24, 2.45) is 0 Å². The van der Waals surface area contributed by atoms with E-state index in [1.54, 1.807) is 30.4 Å². The first-order valence-corrected chi connectivity index (χ1v) is 16.0. The summed E-state index contributed by atoms with van der Waals surface area (Å²) >= 11 is 0. The van der Waals surface area contributed by atoms with Gasteiger partial charge in [-0.1, -0.05) is 12.5 Å². The predicted molar refractivity (Wildman–Crippen MR) is 172 cm³/mol. The Morgan fingerprint density at radius 1 is 1.02 bits per heavy atom. The van der Waals surface area contributed by atoms with Gasteiger partial charge in [0.1, 0.15) is 10.6 Å². The third-order valence-corrected chi connectivity index (χ3v) is 9.62. The van der Waals surface area contributed by atoms with E-state index >= 15 is 0 Å². The molecule has 250 valence electrons. The van der Waals surface area contributed by atoms with Crippen LogP contribution in [0.1, 0.15) is 31.2 Å². The second-order valence-corrected chi connectivity index (χ2v) is 13.3. The van der Waals surface area contributed by atoms with E-state index in [-0.39, 0.29) is 36.5 Å². The fourth-order valence-electron chi connectivity index (χ4n) is 5.91. The topological polar surface area (TPSA) is 127 Å². The molecule has 1 saturated carbocycles. The molecule has 0 bridgehead atoms. The number of nitrogens with zero attached hydrogens (tertiary/aromatic N) is 5. The number of benzene rings is 1. The van der Waals surface area contributed by atoms with Crippen LogP contribution < -0.4 is 19.1 Å². The first-order valence-electron chi connectivity index (χ1n) is 14.5. The van der Waals surface area contributed by atoms with E-state index in [1.807, 2.05) is 37.2 Å². The fraction of sp³-hybridized carbons (Fsp3) is 0.355. The molecule has 0 radical (unpaired) electrons. The smallest absolute Gasteiger partial charge is 0.476 e. The fourth-order valence-corrected chi connectivity index (χ4v) is 6.90. The van der Waals surface area contributed by atoms with Crippen LogP contribution in [0.5, 0.6) is 11.8 Å². The van der Waals surface area contributed by atoms with Gasteiger partial charge in [0.15, 0.2) is 0 Å². The van der Waals surface area contributed by atoms with Crippen molar-refractivity contribution in [1.82, 2.24) is 19.9 Å². The summed E-state index contributed by atoms with van der Waals surface area (Å²) in [6, 6.07) is 8.97. The van der Waals surface area contributed by atoms with Gasteiger partial charge in [-0.15, -0.1) is 25.6 Å². The van der Waals surface area contributed by atoms with E-state index < -0.39 is 32.6 Å². The van der Waals surface area contributed by atoms with Gasteiger partial charge in [0.05, 0.1) is 35.6 Å². The van der Waals surface area contributed by atoms with Gasteiger partial charge in [0.2, 0.25) is 17.7 Å². The first kappa shape index (κ1) is 34.1. The van der Waals surface area contributed by atoms with Gasteiger partial charge in [-0.3, -0.25) is 14.5 Å². The number of nitrogens with one attached hydrogen (secondary N) is 1. The van der Waals surface area contributed by atoms with Gasteiger partial charge in [-0.05, 0) is 63.2 Å². The van der Waals surface area contributed by atoms with Crippen LogP contribution in [0.3, 0.4) is 0 Å². The number of carbonyl (C=O) groups excluding carboxylic acids is 1. The highest BCUT2D eigenvalue weighted by Gasteiger charge is 2.54. The number of hydrogen-bond donors (Lipinski definition) is 1. The Balaban J connectivity index is 0.00000433. The van der Waals surface area contributed by atoms with E-state index in [4.69, 9.17) is 4.74 Å². The van der Waals surface area contributed by atoms with Crippen molar-refractivity contribution < 1.29 is 35.9 Å². The molecule has 47 heavy (non-hydrogen) atoms. The first-order chi connectivity index (χ1) is 21.8. The number of ether oxygens (including phenoxy) is 2. The molecule has 1 aliphatic heterocycles. The lowest BCUT2D eigenvalue weighted by atomic mass is 9.64. The molecule has 2 aliphatic rings. The van der Waals surface area contributed by atoms with Gasteiger partial charge in [-0.25, -0.2) is 18.4 Å². The maximum Gasteiger partial charge on any atom is 0.574 e. The van der Waals surface area contributed by atoms with E-state index in [0.29, 0.717) is 17.5 Å². The number of likely N-dealkylation sites (N-methyl/N-ethyl adjacent to an activating group) is 1. The lowest BCUT2D eigenvalue weighted by Gasteiger charge is -2.37. The monoisotopic (exact) mass is 692 g/mol. The molecule has 11 nitrogen and oxygen atoms in total. The number of rotatable bonds is 10. The quantitative estimate of drug-likeness (QED) is 0.213. The Labute approximate surface area is 275 Å². The summed E-state index contributed by atoms with van der Waals surface area (Å²) < 4.78 is 76.5. The number of aromatic nitrogens is 3. The molecule has 6 rings (SSSR count). The summed E-state index contributed by atoms with van der Waals surface area (Å²) in [5, 5.41) is 0.839. The molecule has 1 fully saturated rings. The van der Waals surface area contributed by atoms with Gasteiger partial charge >= 0.3 is 6.36 Å². The summed E-state index contributed by atoms with van der Waals surface area (Å²) in [4.78, 5) is 29.0. The predicted octanol–water partition coefficient (Wildman–Crippen LogP) is 5.54. The van der Waals surface area contributed by atoms with Crippen molar-refractivity contribution in [3.63, 3.8) is 0 Å². The van der Waals surface area contributed by atoms with Crippen LogP contribution in [0.15, 0.2) is 59.9 Å². The number of fused-ring (bicyclic) bond motifs is 4. The maximum absolute atomic E-state index is 13.3. The van der Waals surface area contributed by atoms with Crippen molar-refractivity contribution in [3.05, 3.63) is 60.6 Å². The van der Waals surface area contributed by atoms with Crippen LogP contribution in [0, 0.1) is 0 Å². The van der Waals surface area contributed by atoms with Crippen LogP contribution >= 0.6 is 12.4 Å². The zero-order chi connectivity index (χ0) is 32.9. The van der Waals surface area contributed by atoms with Crippen molar-refractivity contribution in [3.8, 4) is 22.9 Å². The highest BCUT2D eigenvalue weighted by atomic mass is 35.5. The highest BCUT2D eigenvalue weighted by molar-refractivity contribution is 7.92. The number of alkyl halides is 3. The molecule has 0 unspecified atom stereocenters. The second-order valence-electron chi connectivity index (χ2n) is 11.6. The standard InChI is InChI=1S/C31H31F3N6O5S.ClH/c1-39(2)12-5-13-44-28-24(38-46(42,43)21-7-9-26(36-17-21)45-31(32,33)34)15-20(16-37-28)19-6-8-23-22(14-19)27-25(18-35-23)40(3)29(41)30(27)10-4-11-30;/h6-9,14-18,38H,4-5,10-13H2,1-3H3;1H. The number of sulfonamides is 1. The number of amides is 1. The summed E-state index contributed by atoms with van der Waals surface area (Å²) in [7, 11) is 1.26. The molecule has 1 spiro atoms. The minimum absolute atomic E-state index is 0. The molecule has 0 saturated heterocycles. The van der Waals surface area contributed by atoms with Gasteiger partial charge in [-0.2, -0.15) is 0 Å². The largest absolute Gasteiger partial charge is 0.574 e. The molecule has 16 heteroatoms. The van der Waals surface area contributed by atoms with E-state index in [0.717, 1.165) is 66.3 Å². The van der Waals surface area contributed by atoms with Gasteiger partial charge < -0.3 is 19.3 Å². The van der Waals surface area contributed by atoms with Crippen molar-refractivity contribution >= 4 is 50.6 Å². The average Bonchev–Trinajstić information content (AvgIpc) is 3.21. The Hall–Kier alpha value is -4.21. The highest BCUT2D eigenvalue weighted by Crippen LogP contribution is 2.55. The van der Waals surface area contributed by atoms with Crippen LogP contribution in [0.2, 0.25) is 0 Å². The van der Waals surface area contributed by atoms with Crippen LogP contribution in [-0.4, -0.2) is 74.8 Å². The Kier molecular flexibility index (Phi) is 9.27. The van der Waals surface area contributed by atoms with Crippen molar-refractivity contribution in [2.75, 3.05) is 43.9 Å². The molecule has 3 aromatic heterocycles. The SMILES string of the molecule is CN(C)CCCOc1ncc(-c2ccc3ncc4c(c3c2)C2(CCC2)C(=O)N4C)cc1NS(=O)(=O)c1ccc(OC(F)(F)F)nc1.Cl. The maximum atomic E-state index is 13.3. The number of halogens is 4. The van der Waals surface area contributed by atoms with E-state index in [9.17, 15) is 26.4 Å². The lowest BCUT2D eigenvalue weighted by Crippen LogP contribution is -2.43. The Bertz CT molecular complexity index is 1920. The lowest BCUT2D eigenvalue weighted by molar-refractivity contribution is -0.276. The number of pyridine rings is 3. The average molecular weight is 693 g/mol. The molecule has 1 amide bonds. The number of anilines is 2. The third-order valence-electron chi connectivity index (χ3n) is 8.27. The molecular weight excluding hydrogens is 661 g/mol. The van der Waals surface area contributed by atoms with Gasteiger partial charge in [0, 0.05) is 42.4 Å². The Morgan fingerprint density at radius 3 is 2.43 bits per heavy atom. The third kappa shape index (κ3) is 6.64. The van der Waals surface area contributed by atoms with E-state index in [1.165, 1.54) is 0 Å². The molecule has 1 N–H and O–H groups in total. The summed E-state index contributed by atoms with van der Waals surface area (Å²) in [5.74, 6) is -0.705. The molecule has 4 heterocycles. The van der Waals surface area contributed by atoms with E-state index in [2.05, 4.69) is 24.4 Å². The van der Waals surface area contributed by atoms with Gasteiger partial charge in [0.25, 0.3) is 10.0 Å². The normalized spacial score (nSPS) is 15.4. The molecule has 0 atom stereocenters. The zero-order valence-corrected chi connectivity index (χ0v) is 27.3. The van der Waals surface area contributed by atoms with Crippen LogP contribution in [-0.2, 0) is 20.2 Å². The molecule has 1 aromatic carbocycles.